The summed E-state index contributed by atoms with van der Waals surface area (Å²) in [7, 11) is 0. The summed E-state index contributed by atoms with van der Waals surface area (Å²) in [5.74, 6) is 1.04. The number of aromatic nitrogens is 1. The van der Waals surface area contributed by atoms with Crippen LogP contribution in [0.5, 0.6) is 5.75 Å². The van der Waals surface area contributed by atoms with Gasteiger partial charge in [-0.15, -0.1) is 0 Å². The maximum Gasteiger partial charge on any atom is 0.227 e. The van der Waals surface area contributed by atoms with Gasteiger partial charge in [-0.05, 0) is 36.8 Å². The highest BCUT2D eigenvalue weighted by molar-refractivity contribution is 5.78. The lowest BCUT2D eigenvalue weighted by atomic mass is 10.1. The number of nitrogens with zero attached hydrogens (tertiary/aromatic N) is 2. The Morgan fingerprint density at radius 1 is 1.19 bits per heavy atom. The van der Waals surface area contributed by atoms with Gasteiger partial charge in [-0.25, -0.2) is 0 Å². The third-order valence-electron chi connectivity index (χ3n) is 3.83. The number of fused-ring (bicyclic) bond motifs is 1. The molecule has 1 aliphatic rings. The number of hydrogen-bond donors (Lipinski definition) is 0. The van der Waals surface area contributed by atoms with Crippen molar-refractivity contribution in [3.8, 4) is 5.75 Å². The van der Waals surface area contributed by atoms with Crippen LogP contribution in [0.15, 0.2) is 42.6 Å². The van der Waals surface area contributed by atoms with Crippen molar-refractivity contribution in [2.45, 2.75) is 26.4 Å². The van der Waals surface area contributed by atoms with Crippen LogP contribution in [0.4, 0.5) is 0 Å². The van der Waals surface area contributed by atoms with Crippen molar-refractivity contribution < 1.29 is 9.53 Å². The number of ether oxygens (including phenoxy) is 1. The molecule has 21 heavy (non-hydrogen) atoms. The topological polar surface area (TPSA) is 34.5 Å². The summed E-state index contributed by atoms with van der Waals surface area (Å²) >= 11 is 0. The molecule has 0 unspecified atom stereocenters. The van der Waals surface area contributed by atoms with E-state index in [0.29, 0.717) is 19.6 Å². The van der Waals surface area contributed by atoms with E-state index < -0.39 is 0 Å². The second kappa shape index (κ2) is 6.04. The lowest BCUT2D eigenvalue weighted by Gasteiger charge is -2.28. The van der Waals surface area contributed by atoms with E-state index in [-0.39, 0.29) is 5.91 Å². The van der Waals surface area contributed by atoms with Gasteiger partial charge >= 0.3 is 0 Å². The molecule has 110 valence electrons. The molecule has 0 saturated heterocycles. The fourth-order valence-corrected chi connectivity index (χ4v) is 2.68. The standard InChI is InChI=1S/C17H20N2O2/c1-2-21-16-7-5-14(6-8-16)12-17(20)19-11-10-18-9-3-4-15(18)13-19/h3-9H,2,10-13H2,1H3. The quantitative estimate of drug-likeness (QED) is 0.864. The second-order valence-corrected chi connectivity index (χ2v) is 5.26. The van der Waals surface area contributed by atoms with Crippen LogP contribution in [0.3, 0.4) is 0 Å². The van der Waals surface area contributed by atoms with Gasteiger partial charge < -0.3 is 14.2 Å². The highest BCUT2D eigenvalue weighted by Crippen LogP contribution is 2.16. The monoisotopic (exact) mass is 284 g/mol. The SMILES string of the molecule is CCOc1ccc(CC(=O)N2CCn3cccc3C2)cc1. The van der Waals surface area contributed by atoms with Gasteiger partial charge in [-0.1, -0.05) is 12.1 Å². The molecule has 0 spiro atoms. The van der Waals surface area contributed by atoms with E-state index in [1.165, 1.54) is 5.69 Å². The first-order valence-corrected chi connectivity index (χ1v) is 7.40. The Balaban J connectivity index is 1.61. The lowest BCUT2D eigenvalue weighted by Crippen LogP contribution is -2.38. The first-order chi connectivity index (χ1) is 10.3. The molecule has 1 amide bonds. The Bertz CT molecular complexity index is 616. The number of hydrogen-bond acceptors (Lipinski definition) is 2. The zero-order valence-electron chi connectivity index (χ0n) is 12.3. The smallest absolute Gasteiger partial charge is 0.227 e. The van der Waals surface area contributed by atoms with E-state index in [4.69, 9.17) is 4.74 Å². The van der Waals surface area contributed by atoms with Crippen molar-refractivity contribution in [2.24, 2.45) is 0 Å². The van der Waals surface area contributed by atoms with Crippen molar-refractivity contribution in [2.75, 3.05) is 13.2 Å². The highest BCUT2D eigenvalue weighted by atomic mass is 16.5. The highest BCUT2D eigenvalue weighted by Gasteiger charge is 2.20. The fourth-order valence-electron chi connectivity index (χ4n) is 2.68. The average Bonchev–Trinajstić information content (AvgIpc) is 2.97. The van der Waals surface area contributed by atoms with Crippen LogP contribution in [-0.4, -0.2) is 28.5 Å². The van der Waals surface area contributed by atoms with E-state index >= 15 is 0 Å². The normalized spacial score (nSPS) is 13.9. The number of amides is 1. The first kappa shape index (κ1) is 13.7. The van der Waals surface area contributed by atoms with E-state index in [1.807, 2.05) is 42.2 Å². The van der Waals surface area contributed by atoms with Crippen LogP contribution >= 0.6 is 0 Å². The van der Waals surface area contributed by atoms with Crippen LogP contribution in [-0.2, 0) is 24.3 Å². The first-order valence-electron chi connectivity index (χ1n) is 7.40. The van der Waals surface area contributed by atoms with Crippen molar-refractivity contribution in [1.29, 1.82) is 0 Å². The zero-order chi connectivity index (χ0) is 14.7. The number of carbonyl (C=O) groups excluding carboxylic acids is 1. The van der Waals surface area contributed by atoms with Crippen molar-refractivity contribution in [1.82, 2.24) is 9.47 Å². The maximum absolute atomic E-state index is 12.4. The van der Waals surface area contributed by atoms with Gasteiger partial charge in [0.25, 0.3) is 0 Å². The van der Waals surface area contributed by atoms with Crippen molar-refractivity contribution in [3.05, 3.63) is 53.9 Å². The van der Waals surface area contributed by atoms with E-state index in [2.05, 4.69) is 16.8 Å². The molecule has 0 bridgehead atoms. The summed E-state index contributed by atoms with van der Waals surface area (Å²) in [5, 5.41) is 0. The lowest BCUT2D eigenvalue weighted by molar-refractivity contribution is -0.131. The molecular formula is C17H20N2O2. The van der Waals surface area contributed by atoms with Gasteiger partial charge in [0.15, 0.2) is 0 Å². The third-order valence-corrected chi connectivity index (χ3v) is 3.83. The van der Waals surface area contributed by atoms with Crippen LogP contribution < -0.4 is 4.74 Å². The molecule has 0 aliphatic carbocycles. The van der Waals surface area contributed by atoms with Gasteiger partial charge in [0.05, 0.1) is 19.6 Å². The molecule has 1 aromatic carbocycles. The Hall–Kier alpha value is -2.23. The summed E-state index contributed by atoms with van der Waals surface area (Å²) < 4.78 is 7.62. The minimum atomic E-state index is 0.187. The predicted octanol–water partition coefficient (Wildman–Crippen LogP) is 2.47. The second-order valence-electron chi connectivity index (χ2n) is 5.26. The average molecular weight is 284 g/mol. The van der Waals surface area contributed by atoms with Crippen molar-refractivity contribution in [3.63, 3.8) is 0 Å². The summed E-state index contributed by atoms with van der Waals surface area (Å²) in [6.45, 7) is 5.01. The number of benzene rings is 1. The Kier molecular flexibility index (Phi) is 3.95. The summed E-state index contributed by atoms with van der Waals surface area (Å²) in [4.78, 5) is 14.3. The Morgan fingerprint density at radius 2 is 2.00 bits per heavy atom. The Morgan fingerprint density at radius 3 is 2.76 bits per heavy atom. The minimum absolute atomic E-state index is 0.187. The molecule has 0 fully saturated rings. The van der Waals surface area contributed by atoms with Crippen LogP contribution in [0.1, 0.15) is 18.2 Å². The predicted molar refractivity (Wildman–Crippen MR) is 81.2 cm³/mol. The van der Waals surface area contributed by atoms with E-state index in [1.54, 1.807) is 0 Å². The molecule has 3 rings (SSSR count). The molecular weight excluding hydrogens is 264 g/mol. The van der Waals surface area contributed by atoms with Crippen LogP contribution in [0, 0.1) is 0 Å². The van der Waals surface area contributed by atoms with Gasteiger partial charge in [0, 0.05) is 25.0 Å². The molecule has 1 aromatic heterocycles. The molecule has 1 aliphatic heterocycles. The summed E-state index contributed by atoms with van der Waals surface area (Å²) in [6, 6.07) is 11.9. The van der Waals surface area contributed by atoms with Crippen LogP contribution in [0.25, 0.3) is 0 Å². The molecule has 0 radical (unpaired) electrons. The summed E-state index contributed by atoms with van der Waals surface area (Å²) in [5.41, 5.74) is 2.24. The van der Waals surface area contributed by atoms with Gasteiger partial charge in [-0.2, -0.15) is 0 Å². The fraction of sp³-hybridized carbons (Fsp3) is 0.353. The number of carbonyl (C=O) groups is 1. The molecule has 0 atom stereocenters. The molecule has 2 aromatic rings. The molecule has 0 N–H and O–H groups in total. The zero-order valence-corrected chi connectivity index (χ0v) is 12.3. The molecule has 2 heterocycles. The van der Waals surface area contributed by atoms with E-state index in [9.17, 15) is 4.79 Å². The Labute approximate surface area is 124 Å². The minimum Gasteiger partial charge on any atom is -0.494 e. The summed E-state index contributed by atoms with van der Waals surface area (Å²) in [6.07, 6.45) is 2.52. The molecule has 4 nitrogen and oxygen atoms in total. The van der Waals surface area contributed by atoms with Crippen LogP contribution in [0.2, 0.25) is 0 Å². The number of rotatable bonds is 4. The largest absolute Gasteiger partial charge is 0.494 e. The van der Waals surface area contributed by atoms with Gasteiger partial charge in [-0.3, -0.25) is 4.79 Å². The van der Waals surface area contributed by atoms with Gasteiger partial charge in [0.2, 0.25) is 5.91 Å². The van der Waals surface area contributed by atoms with Gasteiger partial charge in [0.1, 0.15) is 5.75 Å². The van der Waals surface area contributed by atoms with Crippen molar-refractivity contribution >= 4 is 5.91 Å². The molecule has 0 saturated carbocycles. The molecule has 4 heteroatoms. The maximum atomic E-state index is 12.4. The van der Waals surface area contributed by atoms with E-state index in [0.717, 1.165) is 24.4 Å². The third kappa shape index (κ3) is 3.10.